The molecule has 1 amide bonds. The number of methoxy groups -OCH3 is 1. The number of amides is 1. The van der Waals surface area contributed by atoms with Gasteiger partial charge >= 0.3 is 0 Å². The number of ether oxygens (including phenoxy) is 1. The lowest BCUT2D eigenvalue weighted by Gasteiger charge is -2.15. The van der Waals surface area contributed by atoms with Crippen LogP contribution < -0.4 is 20.9 Å². The Hall–Kier alpha value is -1.60. The van der Waals surface area contributed by atoms with Gasteiger partial charge in [0.1, 0.15) is 11.8 Å². The van der Waals surface area contributed by atoms with Gasteiger partial charge in [0.25, 0.3) is 0 Å². The minimum atomic E-state index is -0.339. The highest BCUT2D eigenvalue weighted by Gasteiger charge is 2.30. The molecule has 0 aromatic heterocycles. The Morgan fingerprint density at radius 3 is 2.68 bits per heavy atom. The van der Waals surface area contributed by atoms with Gasteiger partial charge in [0, 0.05) is 21.6 Å². The highest BCUT2D eigenvalue weighted by atomic mass is 79.9. The van der Waals surface area contributed by atoms with E-state index >= 15 is 0 Å². The lowest BCUT2D eigenvalue weighted by atomic mass is 10.0. The average Bonchev–Trinajstić information content (AvgIpc) is 3.08. The van der Waals surface area contributed by atoms with Crippen LogP contribution in [0.3, 0.4) is 0 Å². The summed E-state index contributed by atoms with van der Waals surface area (Å²) < 4.78 is 6.34. The van der Waals surface area contributed by atoms with E-state index in [2.05, 4.69) is 32.1 Å². The van der Waals surface area contributed by atoms with E-state index in [1.807, 2.05) is 37.3 Å². The van der Waals surface area contributed by atoms with E-state index in [9.17, 15) is 4.79 Å². The zero-order chi connectivity index (χ0) is 18.0. The first kappa shape index (κ1) is 18.2. The fourth-order valence-corrected chi connectivity index (χ4v) is 3.21. The van der Waals surface area contributed by atoms with E-state index in [4.69, 9.17) is 16.3 Å². The molecule has 5 nitrogen and oxygen atoms in total. The van der Waals surface area contributed by atoms with Crippen molar-refractivity contribution in [2.24, 2.45) is 0 Å². The van der Waals surface area contributed by atoms with Crippen molar-refractivity contribution in [3.8, 4) is 5.75 Å². The maximum Gasteiger partial charge on any atom is 0.243 e. The van der Waals surface area contributed by atoms with Crippen LogP contribution in [0.5, 0.6) is 5.75 Å². The summed E-state index contributed by atoms with van der Waals surface area (Å²) in [5.74, 6) is 0.423. The Kier molecular flexibility index (Phi) is 5.64. The number of aryl methyl sites for hydroxylation is 1. The molecule has 2 aromatic rings. The lowest BCUT2D eigenvalue weighted by molar-refractivity contribution is -0.117. The van der Waals surface area contributed by atoms with Gasteiger partial charge in [-0.15, -0.1) is 0 Å². The number of carbonyl (C=O) groups is 1. The van der Waals surface area contributed by atoms with Gasteiger partial charge in [-0.25, -0.2) is 10.9 Å². The molecule has 25 heavy (non-hydrogen) atoms. The van der Waals surface area contributed by atoms with Crippen molar-refractivity contribution in [1.29, 1.82) is 0 Å². The second-order valence-electron chi connectivity index (χ2n) is 5.97. The molecule has 3 rings (SSSR count). The second-order valence-corrected chi connectivity index (χ2v) is 7.29. The molecule has 0 radical (unpaired) electrons. The number of hydrazine groups is 1. The standard InChI is InChI=1S/C18H19BrClN3O2/c1-10-7-15(17(25-2)8-13(10)20)21-18(24)16-9-14(22-23-16)11-3-5-12(19)6-4-11/h3-8,14,16,22-23H,9H2,1-2H3,(H,21,24). The third-order valence-electron chi connectivity index (χ3n) is 4.23. The van der Waals surface area contributed by atoms with Crippen molar-refractivity contribution in [1.82, 2.24) is 10.9 Å². The molecular weight excluding hydrogens is 406 g/mol. The van der Waals surface area contributed by atoms with Crippen molar-refractivity contribution >= 4 is 39.1 Å². The SMILES string of the molecule is COc1cc(Cl)c(C)cc1NC(=O)C1CC(c2ccc(Br)cc2)NN1. The molecule has 7 heteroatoms. The monoisotopic (exact) mass is 423 g/mol. The van der Waals surface area contributed by atoms with Crippen LogP contribution in [-0.2, 0) is 4.79 Å². The smallest absolute Gasteiger partial charge is 0.243 e. The van der Waals surface area contributed by atoms with E-state index in [0.29, 0.717) is 22.9 Å². The Morgan fingerprint density at radius 2 is 2.00 bits per heavy atom. The first-order chi connectivity index (χ1) is 12.0. The van der Waals surface area contributed by atoms with Crippen LogP contribution in [0.4, 0.5) is 5.69 Å². The molecule has 0 aliphatic carbocycles. The summed E-state index contributed by atoms with van der Waals surface area (Å²) in [6.07, 6.45) is 0.655. The van der Waals surface area contributed by atoms with Gasteiger partial charge < -0.3 is 10.1 Å². The topological polar surface area (TPSA) is 62.4 Å². The molecule has 0 bridgehead atoms. The summed E-state index contributed by atoms with van der Waals surface area (Å²) in [7, 11) is 1.55. The largest absolute Gasteiger partial charge is 0.495 e. The van der Waals surface area contributed by atoms with Crippen LogP contribution in [0.2, 0.25) is 5.02 Å². The van der Waals surface area contributed by atoms with Crippen molar-refractivity contribution in [3.05, 3.63) is 57.0 Å². The molecule has 1 aliphatic rings. The maximum absolute atomic E-state index is 12.6. The van der Waals surface area contributed by atoms with Crippen LogP contribution in [-0.4, -0.2) is 19.1 Å². The molecule has 1 saturated heterocycles. The normalized spacial score (nSPS) is 19.7. The van der Waals surface area contributed by atoms with Crippen LogP contribution in [0.25, 0.3) is 0 Å². The average molecular weight is 425 g/mol. The molecule has 2 aromatic carbocycles. The van der Waals surface area contributed by atoms with Gasteiger partial charge in [0.15, 0.2) is 0 Å². The zero-order valence-corrected chi connectivity index (χ0v) is 16.2. The summed E-state index contributed by atoms with van der Waals surface area (Å²) in [5, 5.41) is 3.52. The lowest BCUT2D eigenvalue weighted by Crippen LogP contribution is -2.39. The second kappa shape index (κ2) is 7.74. The van der Waals surface area contributed by atoms with Crippen molar-refractivity contribution in [2.45, 2.75) is 25.4 Å². The number of benzene rings is 2. The number of halogens is 2. The number of rotatable bonds is 4. The summed E-state index contributed by atoms with van der Waals surface area (Å²) in [5.41, 5.74) is 8.86. The third-order valence-corrected chi connectivity index (χ3v) is 5.17. The molecule has 3 N–H and O–H groups in total. The van der Waals surface area contributed by atoms with E-state index in [-0.39, 0.29) is 18.0 Å². The van der Waals surface area contributed by atoms with Crippen molar-refractivity contribution in [3.63, 3.8) is 0 Å². The first-order valence-corrected chi connectivity index (χ1v) is 9.06. The number of hydrogen-bond donors (Lipinski definition) is 3. The molecule has 1 aliphatic heterocycles. The Labute approximate surface area is 160 Å². The van der Waals surface area contributed by atoms with E-state index in [1.165, 1.54) is 0 Å². The highest BCUT2D eigenvalue weighted by Crippen LogP contribution is 2.31. The van der Waals surface area contributed by atoms with E-state index < -0.39 is 0 Å². The van der Waals surface area contributed by atoms with Gasteiger partial charge in [-0.3, -0.25) is 4.79 Å². The Morgan fingerprint density at radius 1 is 1.28 bits per heavy atom. The van der Waals surface area contributed by atoms with Crippen LogP contribution in [0.1, 0.15) is 23.6 Å². The molecule has 2 atom stereocenters. The zero-order valence-electron chi connectivity index (χ0n) is 13.9. The Balaban J connectivity index is 1.69. The minimum Gasteiger partial charge on any atom is -0.495 e. The predicted octanol–water partition coefficient (Wildman–Crippen LogP) is 3.97. The quantitative estimate of drug-likeness (QED) is 0.695. The molecule has 1 heterocycles. The molecule has 2 unspecified atom stereocenters. The number of hydrogen-bond acceptors (Lipinski definition) is 4. The molecule has 0 spiro atoms. The molecule has 1 fully saturated rings. The van der Waals surface area contributed by atoms with Crippen LogP contribution in [0, 0.1) is 6.92 Å². The fraction of sp³-hybridized carbons (Fsp3) is 0.278. The maximum atomic E-state index is 12.6. The fourth-order valence-electron chi connectivity index (χ4n) is 2.79. The summed E-state index contributed by atoms with van der Waals surface area (Å²) in [6, 6.07) is 11.3. The van der Waals surface area contributed by atoms with E-state index in [0.717, 1.165) is 15.6 Å². The highest BCUT2D eigenvalue weighted by molar-refractivity contribution is 9.10. The van der Waals surface area contributed by atoms with Gasteiger partial charge in [0.2, 0.25) is 5.91 Å². The van der Waals surface area contributed by atoms with Gasteiger partial charge in [-0.1, -0.05) is 39.7 Å². The van der Waals surface area contributed by atoms with Crippen molar-refractivity contribution in [2.75, 3.05) is 12.4 Å². The number of carbonyl (C=O) groups excluding carboxylic acids is 1. The number of nitrogens with one attached hydrogen (secondary N) is 3. The van der Waals surface area contributed by atoms with Crippen LogP contribution >= 0.6 is 27.5 Å². The first-order valence-electron chi connectivity index (χ1n) is 7.89. The summed E-state index contributed by atoms with van der Waals surface area (Å²) in [6.45, 7) is 1.89. The molecular formula is C18H19BrClN3O2. The van der Waals surface area contributed by atoms with E-state index in [1.54, 1.807) is 13.2 Å². The number of anilines is 1. The minimum absolute atomic E-state index is 0.0812. The molecule has 132 valence electrons. The van der Waals surface area contributed by atoms with Gasteiger partial charge in [-0.2, -0.15) is 0 Å². The Bertz CT molecular complexity index is 783. The van der Waals surface area contributed by atoms with Gasteiger partial charge in [-0.05, 0) is 42.7 Å². The molecule has 0 saturated carbocycles. The van der Waals surface area contributed by atoms with Crippen molar-refractivity contribution < 1.29 is 9.53 Å². The van der Waals surface area contributed by atoms with Gasteiger partial charge in [0.05, 0.1) is 12.8 Å². The summed E-state index contributed by atoms with van der Waals surface area (Å²) in [4.78, 5) is 12.6. The predicted molar refractivity (Wildman–Crippen MR) is 103 cm³/mol. The summed E-state index contributed by atoms with van der Waals surface area (Å²) >= 11 is 9.54. The van der Waals surface area contributed by atoms with Crippen LogP contribution in [0.15, 0.2) is 40.9 Å². The third kappa shape index (κ3) is 4.15.